The molecule has 0 spiro atoms. The molecule has 2 aromatic rings. The largest absolute Gasteiger partial charge is 0.497 e. The number of nitrogens with zero attached hydrogens (tertiary/aromatic N) is 1. The molecule has 90 valence electrons. The first-order valence-electron chi connectivity index (χ1n) is 5.50. The van der Waals surface area contributed by atoms with Crippen molar-refractivity contribution in [3.8, 4) is 5.75 Å². The number of benzene rings is 1. The van der Waals surface area contributed by atoms with Gasteiger partial charge in [-0.1, -0.05) is 12.1 Å². The van der Waals surface area contributed by atoms with Crippen LogP contribution in [0.25, 0.3) is 0 Å². The second-order valence-corrected chi connectivity index (χ2v) is 4.74. The van der Waals surface area contributed by atoms with Gasteiger partial charge in [0.15, 0.2) is 0 Å². The molecule has 0 radical (unpaired) electrons. The number of methoxy groups -OCH3 is 1. The normalized spacial score (nSPS) is 12.4. The number of thiazole rings is 1. The van der Waals surface area contributed by atoms with Crippen LogP contribution in [0.4, 0.5) is 0 Å². The summed E-state index contributed by atoms with van der Waals surface area (Å²) in [6.45, 7) is 0. The molecule has 1 aromatic carbocycles. The van der Waals surface area contributed by atoms with Crippen molar-refractivity contribution in [1.82, 2.24) is 4.98 Å². The summed E-state index contributed by atoms with van der Waals surface area (Å²) in [7, 11) is 1.63. The van der Waals surface area contributed by atoms with Crippen LogP contribution in [-0.2, 0) is 6.42 Å². The van der Waals surface area contributed by atoms with Crippen molar-refractivity contribution in [2.24, 2.45) is 0 Å². The van der Waals surface area contributed by atoms with Crippen molar-refractivity contribution in [3.05, 3.63) is 46.4 Å². The van der Waals surface area contributed by atoms with Crippen molar-refractivity contribution >= 4 is 11.3 Å². The van der Waals surface area contributed by atoms with Crippen LogP contribution in [0.3, 0.4) is 0 Å². The Morgan fingerprint density at radius 1 is 1.47 bits per heavy atom. The molecule has 0 bridgehead atoms. The second kappa shape index (κ2) is 5.80. The number of aryl methyl sites for hydroxylation is 1. The summed E-state index contributed by atoms with van der Waals surface area (Å²) in [4.78, 5) is 4.20. The Balaban J connectivity index is 1.96. The fourth-order valence-electron chi connectivity index (χ4n) is 1.65. The van der Waals surface area contributed by atoms with Gasteiger partial charge in [-0.2, -0.15) is 0 Å². The van der Waals surface area contributed by atoms with Gasteiger partial charge in [-0.05, 0) is 24.1 Å². The molecule has 2 rings (SSSR count). The van der Waals surface area contributed by atoms with Crippen molar-refractivity contribution in [1.29, 1.82) is 0 Å². The summed E-state index contributed by atoms with van der Waals surface area (Å²) in [6.07, 6.45) is 2.81. The maximum Gasteiger partial charge on any atom is 0.119 e. The molecule has 0 saturated heterocycles. The molecule has 4 heteroatoms. The first kappa shape index (κ1) is 12.1. The summed E-state index contributed by atoms with van der Waals surface area (Å²) >= 11 is 1.62. The third kappa shape index (κ3) is 3.28. The minimum atomic E-state index is -0.464. The summed E-state index contributed by atoms with van der Waals surface area (Å²) in [6, 6.07) is 7.54. The highest BCUT2D eigenvalue weighted by molar-refractivity contribution is 7.09. The molecule has 0 fully saturated rings. The fourth-order valence-corrected chi connectivity index (χ4v) is 2.29. The van der Waals surface area contributed by atoms with Gasteiger partial charge in [0.25, 0.3) is 0 Å². The van der Waals surface area contributed by atoms with Crippen LogP contribution in [0.1, 0.15) is 23.1 Å². The van der Waals surface area contributed by atoms with Crippen molar-refractivity contribution in [2.45, 2.75) is 18.9 Å². The molecule has 0 aliphatic carbocycles. The number of ether oxygens (including phenoxy) is 1. The highest BCUT2D eigenvalue weighted by Crippen LogP contribution is 2.23. The number of rotatable bonds is 5. The smallest absolute Gasteiger partial charge is 0.119 e. The van der Waals surface area contributed by atoms with Crippen LogP contribution < -0.4 is 4.74 Å². The van der Waals surface area contributed by atoms with Crippen LogP contribution in [0, 0.1) is 0 Å². The Morgan fingerprint density at radius 3 is 3.06 bits per heavy atom. The van der Waals surface area contributed by atoms with Gasteiger partial charge in [0.05, 0.1) is 18.2 Å². The van der Waals surface area contributed by atoms with Gasteiger partial charge in [-0.25, -0.2) is 4.98 Å². The number of hydrogen-bond acceptors (Lipinski definition) is 4. The molecule has 1 aromatic heterocycles. The second-order valence-electron chi connectivity index (χ2n) is 3.76. The molecular weight excluding hydrogens is 234 g/mol. The van der Waals surface area contributed by atoms with E-state index >= 15 is 0 Å². The number of aliphatic hydroxyl groups is 1. The van der Waals surface area contributed by atoms with Crippen LogP contribution in [-0.4, -0.2) is 17.2 Å². The van der Waals surface area contributed by atoms with E-state index < -0.39 is 6.10 Å². The zero-order valence-corrected chi connectivity index (χ0v) is 10.5. The minimum Gasteiger partial charge on any atom is -0.497 e. The maximum absolute atomic E-state index is 10.1. The third-order valence-electron chi connectivity index (χ3n) is 2.59. The Labute approximate surface area is 105 Å². The molecule has 3 nitrogen and oxygen atoms in total. The molecular formula is C13H15NO2S. The predicted molar refractivity (Wildman–Crippen MR) is 68.4 cm³/mol. The Morgan fingerprint density at radius 2 is 2.35 bits per heavy atom. The standard InChI is InChI=1S/C13H15NO2S/c1-16-11-4-2-3-10(9-11)12(15)5-6-13-14-7-8-17-13/h2-4,7-9,12,15H,5-6H2,1H3. The average Bonchev–Trinajstić information content (AvgIpc) is 2.89. The van der Waals surface area contributed by atoms with E-state index in [0.717, 1.165) is 22.7 Å². The SMILES string of the molecule is COc1cccc(C(O)CCc2nccs2)c1. The Hall–Kier alpha value is -1.39. The fraction of sp³-hybridized carbons (Fsp3) is 0.308. The van der Waals surface area contributed by atoms with Crippen molar-refractivity contribution in [2.75, 3.05) is 7.11 Å². The number of aliphatic hydroxyl groups excluding tert-OH is 1. The summed E-state index contributed by atoms with van der Waals surface area (Å²) in [5.74, 6) is 0.774. The highest BCUT2D eigenvalue weighted by atomic mass is 32.1. The van der Waals surface area contributed by atoms with Crippen LogP contribution >= 0.6 is 11.3 Å². The van der Waals surface area contributed by atoms with Crippen LogP contribution in [0.2, 0.25) is 0 Å². The quantitative estimate of drug-likeness (QED) is 0.886. The van der Waals surface area contributed by atoms with E-state index in [2.05, 4.69) is 4.98 Å². The zero-order chi connectivity index (χ0) is 12.1. The van der Waals surface area contributed by atoms with Gasteiger partial charge in [-0.3, -0.25) is 0 Å². The molecule has 17 heavy (non-hydrogen) atoms. The van der Waals surface area contributed by atoms with E-state index in [4.69, 9.17) is 4.74 Å². The lowest BCUT2D eigenvalue weighted by atomic mass is 10.0. The van der Waals surface area contributed by atoms with Crippen LogP contribution in [0.5, 0.6) is 5.75 Å². The molecule has 0 amide bonds. The van der Waals surface area contributed by atoms with E-state index in [9.17, 15) is 5.11 Å². The molecule has 1 heterocycles. The topological polar surface area (TPSA) is 42.4 Å². The van der Waals surface area contributed by atoms with E-state index in [1.54, 1.807) is 24.6 Å². The molecule has 0 aliphatic rings. The van der Waals surface area contributed by atoms with E-state index in [0.29, 0.717) is 6.42 Å². The molecule has 0 aliphatic heterocycles. The highest BCUT2D eigenvalue weighted by Gasteiger charge is 2.09. The predicted octanol–water partition coefficient (Wildman–Crippen LogP) is 2.82. The molecule has 0 saturated carbocycles. The molecule has 1 unspecified atom stereocenters. The minimum absolute atomic E-state index is 0.464. The van der Waals surface area contributed by atoms with E-state index in [-0.39, 0.29) is 0 Å². The first-order chi connectivity index (χ1) is 8.29. The average molecular weight is 249 g/mol. The van der Waals surface area contributed by atoms with Gasteiger partial charge in [0.2, 0.25) is 0 Å². The van der Waals surface area contributed by atoms with Gasteiger partial charge in [0, 0.05) is 18.0 Å². The Bertz CT molecular complexity index is 456. The van der Waals surface area contributed by atoms with Gasteiger partial charge in [0.1, 0.15) is 5.75 Å². The lowest BCUT2D eigenvalue weighted by Crippen LogP contribution is -1.99. The zero-order valence-electron chi connectivity index (χ0n) is 9.67. The van der Waals surface area contributed by atoms with Gasteiger partial charge < -0.3 is 9.84 Å². The summed E-state index contributed by atoms with van der Waals surface area (Å²) in [5, 5.41) is 13.1. The van der Waals surface area contributed by atoms with E-state index in [1.165, 1.54) is 0 Å². The Kier molecular flexibility index (Phi) is 4.12. The lowest BCUT2D eigenvalue weighted by Gasteiger charge is -2.11. The molecule has 1 N–H and O–H groups in total. The van der Waals surface area contributed by atoms with Gasteiger partial charge >= 0.3 is 0 Å². The first-order valence-corrected chi connectivity index (χ1v) is 6.38. The number of hydrogen-bond donors (Lipinski definition) is 1. The maximum atomic E-state index is 10.1. The van der Waals surface area contributed by atoms with Crippen molar-refractivity contribution < 1.29 is 9.84 Å². The summed E-state index contributed by atoms with van der Waals surface area (Å²) in [5.41, 5.74) is 0.890. The monoisotopic (exact) mass is 249 g/mol. The van der Waals surface area contributed by atoms with Gasteiger partial charge in [-0.15, -0.1) is 11.3 Å². The van der Waals surface area contributed by atoms with Crippen molar-refractivity contribution in [3.63, 3.8) is 0 Å². The number of aromatic nitrogens is 1. The summed E-state index contributed by atoms with van der Waals surface area (Å²) < 4.78 is 5.13. The lowest BCUT2D eigenvalue weighted by molar-refractivity contribution is 0.167. The van der Waals surface area contributed by atoms with Crippen LogP contribution in [0.15, 0.2) is 35.8 Å². The molecule has 1 atom stereocenters. The van der Waals surface area contributed by atoms with E-state index in [1.807, 2.05) is 29.6 Å². The third-order valence-corrected chi connectivity index (χ3v) is 3.43.